The molecule has 0 fully saturated rings. The number of hydrogen-bond donors (Lipinski definition) is 3. The number of sulfonamides is 1. The average Bonchev–Trinajstić information content (AvgIpc) is 2.78. The summed E-state index contributed by atoms with van der Waals surface area (Å²) in [5.41, 5.74) is 2.78. The molecule has 8 nitrogen and oxygen atoms in total. The zero-order chi connectivity index (χ0) is 23.1. The van der Waals surface area contributed by atoms with Crippen LogP contribution in [0.25, 0.3) is 0 Å². The summed E-state index contributed by atoms with van der Waals surface area (Å²) in [6.07, 6.45) is 3.02. The number of rotatable bonds is 8. The number of pyridine rings is 1. The molecule has 0 radical (unpaired) electrons. The van der Waals surface area contributed by atoms with Crippen molar-refractivity contribution in [1.82, 2.24) is 15.0 Å². The third-order valence-corrected chi connectivity index (χ3v) is 6.21. The lowest BCUT2D eigenvalue weighted by Crippen LogP contribution is -2.35. The fourth-order valence-electron chi connectivity index (χ4n) is 2.97. The molecule has 3 rings (SSSR count). The molecule has 3 aromatic rings. The molecule has 2 aromatic carbocycles. The van der Waals surface area contributed by atoms with E-state index in [4.69, 9.17) is 0 Å². The van der Waals surface area contributed by atoms with Crippen LogP contribution in [0, 0.1) is 13.8 Å². The second kappa shape index (κ2) is 10.2. The summed E-state index contributed by atoms with van der Waals surface area (Å²) in [7, 11) is -3.66. The van der Waals surface area contributed by atoms with Crippen molar-refractivity contribution >= 4 is 27.5 Å². The van der Waals surface area contributed by atoms with Gasteiger partial charge in [0.15, 0.2) is 0 Å². The van der Waals surface area contributed by atoms with Gasteiger partial charge in [0, 0.05) is 31.0 Å². The van der Waals surface area contributed by atoms with Crippen molar-refractivity contribution in [2.45, 2.75) is 18.7 Å². The number of anilines is 1. The number of nitrogens with zero attached hydrogens (tertiary/aromatic N) is 1. The molecule has 1 heterocycles. The Morgan fingerprint density at radius 2 is 1.56 bits per heavy atom. The van der Waals surface area contributed by atoms with E-state index in [2.05, 4.69) is 20.3 Å². The highest BCUT2D eigenvalue weighted by Gasteiger charge is 2.17. The highest BCUT2D eigenvalue weighted by atomic mass is 32.2. The van der Waals surface area contributed by atoms with E-state index in [1.54, 1.807) is 49.4 Å². The van der Waals surface area contributed by atoms with Gasteiger partial charge in [-0.05, 0) is 49.7 Å². The lowest BCUT2D eigenvalue weighted by atomic mass is 10.1. The van der Waals surface area contributed by atoms with Crippen LogP contribution in [-0.4, -0.2) is 38.3 Å². The van der Waals surface area contributed by atoms with E-state index < -0.39 is 15.9 Å². The predicted octanol–water partition coefficient (Wildman–Crippen LogP) is 2.66. The van der Waals surface area contributed by atoms with Crippen LogP contribution in [-0.2, 0) is 10.0 Å². The Balaban J connectivity index is 1.62. The topological polar surface area (TPSA) is 117 Å². The van der Waals surface area contributed by atoms with Gasteiger partial charge in [0.05, 0.1) is 16.1 Å². The lowest BCUT2D eigenvalue weighted by molar-refractivity contribution is 0.0955. The maximum atomic E-state index is 12.7. The highest BCUT2D eigenvalue weighted by Crippen LogP contribution is 2.21. The molecule has 0 atom stereocenters. The first-order valence-electron chi connectivity index (χ1n) is 9.93. The molecule has 9 heteroatoms. The van der Waals surface area contributed by atoms with Crippen LogP contribution in [0.2, 0.25) is 0 Å². The number of aryl methyl sites for hydroxylation is 2. The Hall–Kier alpha value is -3.56. The number of carbonyl (C=O) groups excluding carboxylic acids is 2. The van der Waals surface area contributed by atoms with Crippen LogP contribution in [0.4, 0.5) is 5.69 Å². The van der Waals surface area contributed by atoms with E-state index in [0.29, 0.717) is 11.3 Å². The molecule has 0 saturated heterocycles. The Morgan fingerprint density at radius 3 is 2.25 bits per heavy atom. The molecule has 166 valence electrons. The lowest BCUT2D eigenvalue weighted by Gasteiger charge is -2.14. The number of hydrogen-bond acceptors (Lipinski definition) is 5. The zero-order valence-electron chi connectivity index (χ0n) is 17.8. The molecular weight excluding hydrogens is 428 g/mol. The van der Waals surface area contributed by atoms with Crippen molar-refractivity contribution in [2.24, 2.45) is 0 Å². The Morgan fingerprint density at radius 1 is 0.875 bits per heavy atom. The van der Waals surface area contributed by atoms with Gasteiger partial charge in [-0.1, -0.05) is 29.8 Å². The number of aromatic nitrogens is 1. The second-order valence-corrected chi connectivity index (χ2v) is 8.92. The largest absolute Gasteiger partial charge is 0.351 e. The summed E-state index contributed by atoms with van der Waals surface area (Å²) in [6, 6.07) is 14.7. The number of para-hydroxylation sites is 1. The highest BCUT2D eigenvalue weighted by molar-refractivity contribution is 7.89. The molecule has 1 aromatic heterocycles. The second-order valence-electron chi connectivity index (χ2n) is 7.15. The van der Waals surface area contributed by atoms with Crippen molar-refractivity contribution < 1.29 is 18.0 Å². The molecule has 3 N–H and O–H groups in total. The molecule has 0 aliphatic heterocycles. The quantitative estimate of drug-likeness (QED) is 0.454. The summed E-state index contributed by atoms with van der Waals surface area (Å²) in [5.74, 6) is -0.783. The van der Waals surface area contributed by atoms with Gasteiger partial charge in [0.1, 0.15) is 0 Å². The average molecular weight is 453 g/mol. The van der Waals surface area contributed by atoms with E-state index in [1.165, 1.54) is 24.5 Å². The summed E-state index contributed by atoms with van der Waals surface area (Å²) >= 11 is 0. The van der Waals surface area contributed by atoms with Gasteiger partial charge in [0.2, 0.25) is 10.0 Å². The predicted molar refractivity (Wildman–Crippen MR) is 122 cm³/mol. The van der Waals surface area contributed by atoms with Crippen LogP contribution in [0.3, 0.4) is 0 Å². The van der Waals surface area contributed by atoms with Crippen molar-refractivity contribution in [3.05, 3.63) is 89.2 Å². The van der Waals surface area contributed by atoms with Crippen LogP contribution in [0.15, 0.2) is 71.9 Å². The van der Waals surface area contributed by atoms with Gasteiger partial charge in [0.25, 0.3) is 11.8 Å². The van der Waals surface area contributed by atoms with Gasteiger partial charge in [-0.25, -0.2) is 13.1 Å². The fourth-order valence-corrected chi connectivity index (χ4v) is 4.00. The van der Waals surface area contributed by atoms with Gasteiger partial charge < -0.3 is 10.6 Å². The van der Waals surface area contributed by atoms with E-state index in [0.717, 1.165) is 11.1 Å². The Bertz CT molecular complexity index is 1210. The first kappa shape index (κ1) is 23.1. The molecule has 0 aliphatic carbocycles. The van der Waals surface area contributed by atoms with Gasteiger partial charge in [-0.2, -0.15) is 0 Å². The first-order valence-corrected chi connectivity index (χ1v) is 11.4. The number of amides is 2. The number of nitrogens with one attached hydrogen (secondary N) is 3. The molecule has 0 saturated carbocycles. The van der Waals surface area contributed by atoms with Gasteiger partial charge in [-0.3, -0.25) is 14.6 Å². The van der Waals surface area contributed by atoms with Crippen LogP contribution in [0.5, 0.6) is 0 Å². The van der Waals surface area contributed by atoms with Crippen LogP contribution >= 0.6 is 0 Å². The van der Waals surface area contributed by atoms with E-state index in [1.807, 2.05) is 6.92 Å². The summed E-state index contributed by atoms with van der Waals surface area (Å²) in [4.78, 5) is 29.3. The summed E-state index contributed by atoms with van der Waals surface area (Å²) < 4.78 is 27.1. The minimum absolute atomic E-state index is 0.0203. The SMILES string of the molecule is Cc1ccc(S(=O)(=O)NCCNC(=O)c2cccc(C)c2NC(=O)c2ccncc2)cc1. The van der Waals surface area contributed by atoms with Crippen molar-refractivity contribution in [1.29, 1.82) is 0 Å². The molecular formula is C23H24N4O4S. The molecule has 0 spiro atoms. The number of carbonyl (C=O) groups is 2. The molecule has 32 heavy (non-hydrogen) atoms. The third kappa shape index (κ3) is 5.77. The Labute approximate surface area is 187 Å². The standard InChI is InChI=1S/C23H24N4O4S/c1-16-6-8-19(9-7-16)32(30,31)26-15-14-25-23(29)20-5-3-4-17(2)21(20)27-22(28)18-10-12-24-13-11-18/h3-13,26H,14-15H2,1-2H3,(H,25,29)(H,27,28). The molecule has 0 unspecified atom stereocenters. The maximum absolute atomic E-state index is 12.7. The summed E-state index contributed by atoms with van der Waals surface area (Å²) in [5, 5.41) is 5.46. The molecule has 0 aliphatic rings. The van der Waals surface area contributed by atoms with E-state index in [-0.39, 0.29) is 29.5 Å². The monoisotopic (exact) mass is 452 g/mol. The molecule has 0 bridgehead atoms. The maximum Gasteiger partial charge on any atom is 0.255 e. The van der Waals surface area contributed by atoms with Crippen molar-refractivity contribution in [3.8, 4) is 0 Å². The van der Waals surface area contributed by atoms with Crippen molar-refractivity contribution in [2.75, 3.05) is 18.4 Å². The van der Waals surface area contributed by atoms with Crippen LogP contribution in [0.1, 0.15) is 31.8 Å². The fraction of sp³-hybridized carbons (Fsp3) is 0.174. The smallest absolute Gasteiger partial charge is 0.255 e. The van der Waals surface area contributed by atoms with Gasteiger partial charge >= 0.3 is 0 Å². The van der Waals surface area contributed by atoms with E-state index >= 15 is 0 Å². The zero-order valence-corrected chi connectivity index (χ0v) is 18.6. The first-order chi connectivity index (χ1) is 15.3. The Kier molecular flexibility index (Phi) is 7.34. The normalized spacial score (nSPS) is 11.1. The minimum Gasteiger partial charge on any atom is -0.351 e. The van der Waals surface area contributed by atoms with Gasteiger partial charge in [-0.15, -0.1) is 0 Å². The van der Waals surface area contributed by atoms with Crippen LogP contribution < -0.4 is 15.4 Å². The van der Waals surface area contributed by atoms with Crippen molar-refractivity contribution in [3.63, 3.8) is 0 Å². The minimum atomic E-state index is -3.66. The molecule has 2 amide bonds. The summed E-state index contributed by atoms with van der Waals surface area (Å²) in [6.45, 7) is 3.76. The number of benzene rings is 2. The third-order valence-electron chi connectivity index (χ3n) is 4.73. The van der Waals surface area contributed by atoms with E-state index in [9.17, 15) is 18.0 Å².